The van der Waals surface area contributed by atoms with Gasteiger partial charge in [0.2, 0.25) is 0 Å². The standard InChI is InChI=1S/C29H29N7O3/c1-3-24(37)33-34-25(38)16-19-9-11-20(12-10-19)36-29-26(28(30)31-17-32-29)27(35-36)23-14-13-22(15-18(23)2)39-21-7-5-4-6-8-21/h3-8,13-17,20H,1,9-12H2,2H3,(H,33,37)(H,34,38)(H2,30,31,32). The van der Waals surface area contributed by atoms with Crippen molar-refractivity contribution in [3.05, 3.63) is 84.7 Å². The van der Waals surface area contributed by atoms with E-state index in [2.05, 4.69) is 27.4 Å². The molecular formula is C29H29N7O3. The summed E-state index contributed by atoms with van der Waals surface area (Å²) in [5.41, 5.74) is 15.3. The van der Waals surface area contributed by atoms with Gasteiger partial charge in [-0.2, -0.15) is 5.10 Å². The molecule has 1 aliphatic rings. The highest BCUT2D eigenvalue weighted by atomic mass is 16.5. The van der Waals surface area contributed by atoms with Crippen LogP contribution in [0.1, 0.15) is 37.3 Å². The Morgan fingerprint density at radius 3 is 2.51 bits per heavy atom. The molecule has 39 heavy (non-hydrogen) atoms. The fourth-order valence-electron chi connectivity index (χ4n) is 4.79. The summed E-state index contributed by atoms with van der Waals surface area (Å²) in [5, 5.41) is 5.72. The molecule has 2 amide bonds. The zero-order chi connectivity index (χ0) is 27.4. The number of benzene rings is 2. The molecule has 0 aliphatic heterocycles. The van der Waals surface area contributed by atoms with Crippen LogP contribution in [0.15, 0.2) is 79.2 Å². The lowest BCUT2D eigenvalue weighted by Crippen LogP contribution is -2.40. The number of ether oxygens (including phenoxy) is 1. The van der Waals surface area contributed by atoms with Gasteiger partial charge in [0, 0.05) is 11.6 Å². The molecule has 10 nitrogen and oxygen atoms in total. The number of anilines is 1. The number of aromatic nitrogens is 4. The van der Waals surface area contributed by atoms with Crippen molar-refractivity contribution < 1.29 is 14.3 Å². The summed E-state index contributed by atoms with van der Waals surface area (Å²) >= 11 is 0. The number of nitrogens with two attached hydrogens (primary N) is 1. The summed E-state index contributed by atoms with van der Waals surface area (Å²) in [6, 6.07) is 15.6. The van der Waals surface area contributed by atoms with Crippen LogP contribution in [0.2, 0.25) is 0 Å². The third-order valence-corrected chi connectivity index (χ3v) is 6.72. The Morgan fingerprint density at radius 1 is 1.05 bits per heavy atom. The van der Waals surface area contributed by atoms with Gasteiger partial charge in [0.05, 0.1) is 11.4 Å². The van der Waals surface area contributed by atoms with Gasteiger partial charge in [-0.05, 0) is 74.6 Å². The van der Waals surface area contributed by atoms with Gasteiger partial charge in [-0.3, -0.25) is 20.4 Å². The van der Waals surface area contributed by atoms with Crippen LogP contribution in [0, 0.1) is 6.92 Å². The lowest BCUT2D eigenvalue weighted by Gasteiger charge is -2.24. The molecule has 2 aromatic carbocycles. The van der Waals surface area contributed by atoms with Crippen LogP contribution in [-0.2, 0) is 9.59 Å². The highest BCUT2D eigenvalue weighted by molar-refractivity contribution is 5.99. The van der Waals surface area contributed by atoms with Crippen LogP contribution in [0.3, 0.4) is 0 Å². The second-order valence-electron chi connectivity index (χ2n) is 9.36. The number of nitrogens with zero attached hydrogens (tertiary/aromatic N) is 4. The van der Waals surface area contributed by atoms with Crippen molar-refractivity contribution in [3.63, 3.8) is 0 Å². The molecule has 198 valence electrons. The Morgan fingerprint density at radius 2 is 1.79 bits per heavy atom. The quantitative estimate of drug-likeness (QED) is 0.249. The number of nitrogen functional groups attached to an aromatic ring is 1. The van der Waals surface area contributed by atoms with Gasteiger partial charge >= 0.3 is 0 Å². The van der Waals surface area contributed by atoms with Gasteiger partial charge in [-0.15, -0.1) is 0 Å². The first-order chi connectivity index (χ1) is 18.9. The minimum Gasteiger partial charge on any atom is -0.457 e. The van der Waals surface area contributed by atoms with E-state index in [1.807, 2.05) is 60.1 Å². The molecule has 1 saturated carbocycles. The van der Waals surface area contributed by atoms with Crippen LogP contribution >= 0.6 is 0 Å². The minimum absolute atomic E-state index is 0.0808. The summed E-state index contributed by atoms with van der Waals surface area (Å²) in [7, 11) is 0. The molecule has 0 atom stereocenters. The van der Waals surface area contributed by atoms with Crippen molar-refractivity contribution in [2.45, 2.75) is 38.6 Å². The molecule has 5 rings (SSSR count). The summed E-state index contributed by atoms with van der Waals surface area (Å²) in [5.74, 6) is 1.03. The Bertz CT molecular complexity index is 1570. The topological polar surface area (TPSA) is 137 Å². The number of aryl methyl sites for hydroxylation is 1. The molecule has 10 heteroatoms. The average molecular weight is 524 g/mol. The van der Waals surface area contributed by atoms with Crippen LogP contribution < -0.4 is 21.3 Å². The van der Waals surface area contributed by atoms with Gasteiger partial charge in [-0.25, -0.2) is 14.6 Å². The zero-order valence-corrected chi connectivity index (χ0v) is 21.6. The number of hydrogen-bond acceptors (Lipinski definition) is 7. The molecule has 0 bridgehead atoms. The SMILES string of the molecule is C=CC(=O)NNC(=O)C=C1CCC(n2nc(-c3ccc(Oc4ccccc4)cc3C)c3c(N)ncnc32)CC1. The fourth-order valence-corrected chi connectivity index (χ4v) is 4.79. The van der Waals surface area contributed by atoms with Crippen molar-refractivity contribution in [3.8, 4) is 22.8 Å². The highest BCUT2D eigenvalue weighted by Gasteiger charge is 2.26. The van der Waals surface area contributed by atoms with E-state index in [1.54, 1.807) is 0 Å². The Balaban J connectivity index is 1.38. The number of carbonyl (C=O) groups excluding carboxylic acids is 2. The largest absolute Gasteiger partial charge is 0.457 e. The lowest BCUT2D eigenvalue weighted by molar-refractivity contribution is -0.123. The van der Waals surface area contributed by atoms with E-state index >= 15 is 0 Å². The third-order valence-electron chi connectivity index (χ3n) is 6.72. The average Bonchev–Trinajstić information content (AvgIpc) is 3.33. The van der Waals surface area contributed by atoms with Gasteiger partial charge in [0.25, 0.3) is 11.8 Å². The smallest absolute Gasteiger partial charge is 0.262 e. The number of carbonyl (C=O) groups is 2. The molecule has 0 saturated heterocycles. The number of fused-ring (bicyclic) bond motifs is 1. The predicted molar refractivity (Wildman–Crippen MR) is 148 cm³/mol. The van der Waals surface area contributed by atoms with Crippen LogP contribution in [0.25, 0.3) is 22.3 Å². The Hall–Kier alpha value is -4.99. The van der Waals surface area contributed by atoms with E-state index in [4.69, 9.17) is 15.6 Å². The maximum atomic E-state index is 12.1. The van der Waals surface area contributed by atoms with Crippen LogP contribution in [0.4, 0.5) is 5.82 Å². The van der Waals surface area contributed by atoms with Crippen molar-refractivity contribution in [2.24, 2.45) is 0 Å². The summed E-state index contributed by atoms with van der Waals surface area (Å²) in [6.07, 6.45) is 7.08. The van der Waals surface area contributed by atoms with Crippen LogP contribution in [-0.4, -0.2) is 31.6 Å². The summed E-state index contributed by atoms with van der Waals surface area (Å²) in [4.78, 5) is 32.2. The van der Waals surface area contributed by atoms with Gasteiger partial charge < -0.3 is 10.5 Å². The molecule has 0 unspecified atom stereocenters. The second kappa shape index (κ2) is 11.2. The van der Waals surface area contributed by atoms with E-state index in [0.717, 1.165) is 71.0 Å². The second-order valence-corrected chi connectivity index (χ2v) is 9.36. The number of nitrogens with one attached hydrogen (secondary N) is 2. The van der Waals surface area contributed by atoms with Crippen LogP contribution in [0.5, 0.6) is 11.5 Å². The third kappa shape index (κ3) is 5.64. The molecule has 1 aliphatic carbocycles. The van der Waals surface area contributed by atoms with Gasteiger partial charge in [0.15, 0.2) is 5.65 Å². The summed E-state index contributed by atoms with van der Waals surface area (Å²) in [6.45, 7) is 5.37. The zero-order valence-electron chi connectivity index (χ0n) is 21.6. The maximum Gasteiger partial charge on any atom is 0.262 e. The van der Waals surface area contributed by atoms with E-state index in [0.29, 0.717) is 11.5 Å². The summed E-state index contributed by atoms with van der Waals surface area (Å²) < 4.78 is 7.94. The Kier molecular flexibility index (Phi) is 7.35. The minimum atomic E-state index is -0.471. The molecule has 1 fully saturated rings. The van der Waals surface area contributed by atoms with E-state index in [1.165, 1.54) is 12.4 Å². The Labute approximate surface area is 225 Å². The molecule has 4 N–H and O–H groups in total. The van der Waals surface area contributed by atoms with Crippen molar-refractivity contribution in [1.29, 1.82) is 0 Å². The molecule has 0 radical (unpaired) electrons. The van der Waals surface area contributed by atoms with Crippen molar-refractivity contribution >= 4 is 28.7 Å². The molecule has 2 aromatic heterocycles. The number of para-hydroxylation sites is 1. The van der Waals surface area contributed by atoms with Gasteiger partial charge in [-0.1, -0.05) is 30.4 Å². The van der Waals surface area contributed by atoms with Crippen molar-refractivity contribution in [1.82, 2.24) is 30.6 Å². The lowest BCUT2D eigenvalue weighted by atomic mass is 9.90. The fraction of sp³-hybridized carbons (Fsp3) is 0.207. The first kappa shape index (κ1) is 25.7. The number of allylic oxidation sites excluding steroid dienone is 1. The molecular weight excluding hydrogens is 494 g/mol. The van der Waals surface area contributed by atoms with E-state index in [9.17, 15) is 9.59 Å². The molecule has 0 spiro atoms. The highest BCUT2D eigenvalue weighted by Crippen LogP contribution is 2.38. The first-order valence-corrected chi connectivity index (χ1v) is 12.7. The van der Waals surface area contributed by atoms with Gasteiger partial charge in [0.1, 0.15) is 29.3 Å². The predicted octanol–water partition coefficient (Wildman–Crippen LogP) is 4.55. The first-order valence-electron chi connectivity index (χ1n) is 12.7. The monoisotopic (exact) mass is 523 g/mol. The normalized spacial score (nSPS) is 15.0. The van der Waals surface area contributed by atoms with Crippen molar-refractivity contribution in [2.75, 3.05) is 5.73 Å². The number of amides is 2. The van der Waals surface area contributed by atoms with E-state index < -0.39 is 5.91 Å². The number of hydrazine groups is 1. The number of rotatable bonds is 6. The maximum absolute atomic E-state index is 12.1. The molecule has 4 aromatic rings. The molecule has 2 heterocycles. The number of hydrogen-bond donors (Lipinski definition) is 3. The van der Waals surface area contributed by atoms with E-state index in [-0.39, 0.29) is 11.9 Å².